The van der Waals surface area contributed by atoms with Crippen molar-refractivity contribution in [1.29, 1.82) is 5.26 Å². The number of nitrogens with zero attached hydrogens (tertiary/aromatic N) is 2. The highest BCUT2D eigenvalue weighted by atomic mass is 16.1. The van der Waals surface area contributed by atoms with Gasteiger partial charge < -0.3 is 4.90 Å². The van der Waals surface area contributed by atoms with Gasteiger partial charge in [0, 0.05) is 12.2 Å². The lowest BCUT2D eigenvalue weighted by molar-refractivity contribution is -0.118. The van der Waals surface area contributed by atoms with Gasteiger partial charge in [-0.2, -0.15) is 5.26 Å². The summed E-state index contributed by atoms with van der Waals surface area (Å²) in [5, 5.41) is 8.75. The third kappa shape index (κ3) is 1.84. The molecule has 0 radical (unpaired) electrons. The summed E-state index contributed by atoms with van der Waals surface area (Å²) >= 11 is 0. The van der Waals surface area contributed by atoms with Crippen LogP contribution in [-0.2, 0) is 4.79 Å². The Hall–Kier alpha value is -1.82. The second-order valence-corrected chi connectivity index (χ2v) is 3.86. The molecule has 1 aliphatic rings. The number of hydrogen-bond donors (Lipinski definition) is 0. The van der Waals surface area contributed by atoms with E-state index in [1.165, 1.54) is 5.56 Å². The monoisotopic (exact) mass is 200 g/mol. The fourth-order valence-electron chi connectivity index (χ4n) is 1.75. The summed E-state index contributed by atoms with van der Waals surface area (Å²) in [5.74, 6) is -0.427. The van der Waals surface area contributed by atoms with Gasteiger partial charge in [0.2, 0.25) is 0 Å². The first-order valence-corrected chi connectivity index (χ1v) is 4.94. The minimum absolute atomic E-state index is 0.0260. The predicted octanol–water partition coefficient (Wildman–Crippen LogP) is 1.52. The maximum absolute atomic E-state index is 11.4. The zero-order chi connectivity index (χ0) is 10.8. The van der Waals surface area contributed by atoms with Crippen LogP contribution in [0.15, 0.2) is 24.3 Å². The quantitative estimate of drug-likeness (QED) is 0.690. The predicted molar refractivity (Wildman–Crippen MR) is 57.5 cm³/mol. The molecule has 1 atom stereocenters. The Bertz CT molecular complexity index is 416. The molecule has 0 saturated carbocycles. The van der Waals surface area contributed by atoms with E-state index in [1.807, 2.05) is 42.2 Å². The summed E-state index contributed by atoms with van der Waals surface area (Å²) < 4.78 is 0. The number of ketones is 1. The van der Waals surface area contributed by atoms with Crippen LogP contribution in [0.3, 0.4) is 0 Å². The van der Waals surface area contributed by atoms with Crippen LogP contribution in [0.5, 0.6) is 0 Å². The highest BCUT2D eigenvalue weighted by Crippen LogP contribution is 2.21. The van der Waals surface area contributed by atoms with Crippen molar-refractivity contribution in [2.24, 2.45) is 5.92 Å². The highest BCUT2D eigenvalue weighted by molar-refractivity contribution is 5.91. The average Bonchev–Trinajstić information content (AvgIpc) is 2.61. The number of aryl methyl sites for hydroxylation is 1. The third-order valence-corrected chi connectivity index (χ3v) is 2.69. The second-order valence-electron chi connectivity index (χ2n) is 3.86. The Kier molecular flexibility index (Phi) is 2.42. The maximum Gasteiger partial charge on any atom is 0.170 e. The first kappa shape index (κ1) is 9.72. The molecule has 3 heteroatoms. The fourth-order valence-corrected chi connectivity index (χ4v) is 1.75. The smallest absolute Gasteiger partial charge is 0.170 e. The molecule has 0 bridgehead atoms. The average molecular weight is 200 g/mol. The van der Waals surface area contributed by atoms with Gasteiger partial charge in [-0.3, -0.25) is 4.79 Å². The van der Waals surface area contributed by atoms with Gasteiger partial charge in [-0.1, -0.05) is 17.7 Å². The van der Waals surface area contributed by atoms with Crippen LogP contribution >= 0.6 is 0 Å². The molecule has 0 amide bonds. The molecule has 3 nitrogen and oxygen atoms in total. The van der Waals surface area contributed by atoms with Crippen LogP contribution in [0.1, 0.15) is 5.56 Å². The van der Waals surface area contributed by atoms with Crippen LogP contribution in [0.2, 0.25) is 0 Å². The van der Waals surface area contributed by atoms with Gasteiger partial charge in [-0.25, -0.2) is 0 Å². The first-order valence-electron chi connectivity index (χ1n) is 4.94. The number of Topliss-reactive ketones (excluding diaryl/α,β-unsaturated/α-hetero) is 1. The van der Waals surface area contributed by atoms with E-state index in [4.69, 9.17) is 5.26 Å². The molecule has 0 aliphatic carbocycles. The van der Waals surface area contributed by atoms with E-state index in [1.54, 1.807) is 0 Å². The van der Waals surface area contributed by atoms with Crippen LogP contribution in [0.25, 0.3) is 0 Å². The number of carbonyl (C=O) groups is 1. The van der Waals surface area contributed by atoms with Gasteiger partial charge in [-0.05, 0) is 19.1 Å². The Morgan fingerprint density at radius 2 is 2.07 bits per heavy atom. The molecular formula is C12H12N2O. The van der Waals surface area contributed by atoms with Gasteiger partial charge in [0.1, 0.15) is 5.92 Å². The van der Waals surface area contributed by atoms with Crippen LogP contribution in [0.4, 0.5) is 5.69 Å². The first-order chi connectivity index (χ1) is 7.20. The summed E-state index contributed by atoms with van der Waals surface area (Å²) in [6.07, 6.45) is 0. The minimum Gasteiger partial charge on any atom is -0.362 e. The number of benzene rings is 1. The molecule has 0 N–H and O–H groups in total. The molecule has 2 rings (SSSR count). The lowest BCUT2D eigenvalue weighted by atomic mass is 10.1. The number of nitriles is 1. The topological polar surface area (TPSA) is 44.1 Å². The highest BCUT2D eigenvalue weighted by Gasteiger charge is 2.30. The Morgan fingerprint density at radius 1 is 1.40 bits per heavy atom. The SMILES string of the molecule is Cc1ccc(N2CC(=O)C(C#N)C2)cc1. The molecule has 1 aromatic rings. The zero-order valence-electron chi connectivity index (χ0n) is 8.60. The number of rotatable bonds is 1. The summed E-state index contributed by atoms with van der Waals surface area (Å²) in [6, 6.07) is 10.0. The number of anilines is 1. The van der Waals surface area contributed by atoms with Crippen molar-refractivity contribution < 1.29 is 4.79 Å². The van der Waals surface area contributed by atoms with E-state index in [0.29, 0.717) is 13.1 Å². The van der Waals surface area contributed by atoms with Gasteiger partial charge >= 0.3 is 0 Å². The summed E-state index contributed by atoms with van der Waals surface area (Å²) in [5.41, 5.74) is 2.22. The van der Waals surface area contributed by atoms with Gasteiger partial charge in [0.15, 0.2) is 5.78 Å². The molecule has 1 aromatic carbocycles. The summed E-state index contributed by atoms with van der Waals surface area (Å²) in [7, 11) is 0. The maximum atomic E-state index is 11.4. The molecule has 1 saturated heterocycles. The Morgan fingerprint density at radius 3 is 2.60 bits per heavy atom. The fraction of sp³-hybridized carbons (Fsp3) is 0.333. The van der Waals surface area contributed by atoms with Crippen molar-refractivity contribution in [1.82, 2.24) is 0 Å². The second kappa shape index (κ2) is 3.74. The van der Waals surface area contributed by atoms with E-state index in [2.05, 4.69) is 0 Å². The lowest BCUT2D eigenvalue weighted by Crippen LogP contribution is -2.19. The van der Waals surface area contributed by atoms with E-state index < -0.39 is 5.92 Å². The molecule has 0 aromatic heterocycles. The van der Waals surface area contributed by atoms with Crippen molar-refractivity contribution in [2.45, 2.75) is 6.92 Å². The summed E-state index contributed by atoms with van der Waals surface area (Å²) in [4.78, 5) is 13.3. The van der Waals surface area contributed by atoms with Gasteiger partial charge in [-0.15, -0.1) is 0 Å². The molecule has 0 spiro atoms. The third-order valence-electron chi connectivity index (χ3n) is 2.69. The van der Waals surface area contributed by atoms with Crippen molar-refractivity contribution in [3.8, 4) is 6.07 Å². The molecule has 15 heavy (non-hydrogen) atoms. The van der Waals surface area contributed by atoms with Crippen molar-refractivity contribution in [2.75, 3.05) is 18.0 Å². The Balaban J connectivity index is 2.18. The van der Waals surface area contributed by atoms with Crippen molar-refractivity contribution in [3.05, 3.63) is 29.8 Å². The molecule has 1 unspecified atom stereocenters. The minimum atomic E-state index is -0.452. The van der Waals surface area contributed by atoms with E-state index in [9.17, 15) is 4.79 Å². The van der Waals surface area contributed by atoms with E-state index in [-0.39, 0.29) is 5.78 Å². The summed E-state index contributed by atoms with van der Waals surface area (Å²) in [6.45, 7) is 2.91. The van der Waals surface area contributed by atoms with Crippen molar-refractivity contribution in [3.63, 3.8) is 0 Å². The molecular weight excluding hydrogens is 188 g/mol. The zero-order valence-corrected chi connectivity index (χ0v) is 8.60. The molecule has 1 heterocycles. The molecule has 76 valence electrons. The molecule has 1 fully saturated rings. The van der Waals surface area contributed by atoms with Crippen LogP contribution < -0.4 is 4.90 Å². The Labute approximate surface area is 88.9 Å². The number of carbonyl (C=O) groups excluding carboxylic acids is 1. The van der Waals surface area contributed by atoms with Gasteiger partial charge in [0.25, 0.3) is 0 Å². The van der Waals surface area contributed by atoms with E-state index >= 15 is 0 Å². The van der Waals surface area contributed by atoms with Crippen LogP contribution in [-0.4, -0.2) is 18.9 Å². The number of hydrogen-bond acceptors (Lipinski definition) is 3. The van der Waals surface area contributed by atoms with Gasteiger partial charge in [0.05, 0.1) is 12.6 Å². The normalized spacial score (nSPS) is 20.4. The standard InChI is InChI=1S/C12H12N2O/c1-9-2-4-11(5-3-9)14-7-10(6-13)12(15)8-14/h2-5,10H,7-8H2,1H3. The largest absolute Gasteiger partial charge is 0.362 e. The lowest BCUT2D eigenvalue weighted by Gasteiger charge is -2.16. The van der Waals surface area contributed by atoms with Crippen molar-refractivity contribution >= 4 is 11.5 Å². The van der Waals surface area contributed by atoms with Crippen LogP contribution in [0, 0.1) is 24.2 Å². The molecule has 1 aliphatic heterocycles. The van der Waals surface area contributed by atoms with E-state index in [0.717, 1.165) is 5.69 Å².